The lowest BCUT2D eigenvalue weighted by Crippen LogP contribution is -2.49. The number of H-pyrrole nitrogens is 1. The molecule has 1 unspecified atom stereocenters. The van der Waals surface area contributed by atoms with Crippen LogP contribution >= 0.6 is 11.6 Å². The summed E-state index contributed by atoms with van der Waals surface area (Å²) >= 11 is 6.66. The van der Waals surface area contributed by atoms with Gasteiger partial charge in [0, 0.05) is 31.7 Å². The van der Waals surface area contributed by atoms with Crippen molar-refractivity contribution in [3.63, 3.8) is 0 Å². The Hall–Kier alpha value is -3.24. The summed E-state index contributed by atoms with van der Waals surface area (Å²) in [7, 11) is 0. The zero-order valence-electron chi connectivity index (χ0n) is 16.6. The molecule has 0 saturated carbocycles. The molecule has 1 fully saturated rings. The maximum Gasteiger partial charge on any atom is 0.293 e. The third kappa shape index (κ3) is 3.01. The molecule has 2 N–H and O–H groups in total. The van der Waals surface area contributed by atoms with Crippen LogP contribution in [0, 0.1) is 17.5 Å². The van der Waals surface area contributed by atoms with Crippen LogP contribution < -0.4 is 21.2 Å². The number of hydrogen-bond acceptors (Lipinski definition) is 5. The molecular formula is C21H16ClF3N4O3. The zero-order chi connectivity index (χ0) is 22.7. The molecule has 7 nitrogen and oxygen atoms in total. The number of pyridine rings is 1. The minimum absolute atomic E-state index is 0.0421. The number of fused-ring (bicyclic) bond motifs is 2. The summed E-state index contributed by atoms with van der Waals surface area (Å²) in [6, 6.07) is 3.81. The normalized spacial score (nSPS) is 16.9. The summed E-state index contributed by atoms with van der Waals surface area (Å²) in [6.45, 7) is 3.41. The Balaban J connectivity index is 1.95. The van der Waals surface area contributed by atoms with Crippen molar-refractivity contribution in [2.45, 2.75) is 13.0 Å². The predicted molar refractivity (Wildman–Crippen MR) is 114 cm³/mol. The number of halogens is 4. The first-order chi connectivity index (χ1) is 15.3. The molecule has 3 heterocycles. The first kappa shape index (κ1) is 20.7. The zero-order valence-corrected chi connectivity index (χ0v) is 17.4. The van der Waals surface area contributed by atoms with Gasteiger partial charge in [-0.3, -0.25) is 14.2 Å². The Kier molecular flexibility index (Phi) is 4.79. The van der Waals surface area contributed by atoms with Crippen molar-refractivity contribution >= 4 is 39.3 Å². The quantitative estimate of drug-likeness (QED) is 0.475. The van der Waals surface area contributed by atoms with E-state index in [2.05, 4.69) is 5.32 Å². The van der Waals surface area contributed by atoms with Crippen molar-refractivity contribution in [1.29, 1.82) is 0 Å². The van der Waals surface area contributed by atoms with Crippen LogP contribution in [0.1, 0.15) is 6.92 Å². The molecule has 5 rings (SSSR count). The second-order valence-electron chi connectivity index (χ2n) is 7.69. The lowest BCUT2D eigenvalue weighted by Gasteiger charge is -2.34. The van der Waals surface area contributed by atoms with Crippen molar-refractivity contribution in [3.05, 3.63) is 67.3 Å². The lowest BCUT2D eigenvalue weighted by atomic mass is 10.1. The van der Waals surface area contributed by atoms with Gasteiger partial charge in [-0.25, -0.2) is 13.2 Å². The summed E-state index contributed by atoms with van der Waals surface area (Å²) in [5.74, 6) is -2.56. The third-order valence-corrected chi connectivity index (χ3v) is 5.94. The molecule has 1 aliphatic rings. The Bertz CT molecular complexity index is 1510. The standard InChI is InChI=1S/C21H16ClF3N4O3/c1-9-8-28(5-4-26-9)18-13(25)7-11-17(16(18)22)29(14-3-2-10(23)6-12(14)24)21-15(19(11)30)20(31)27-32-21/h2-3,6-7,9,26H,4-5,8H2,1H3,(H,27,31). The molecule has 2 aromatic heterocycles. The van der Waals surface area contributed by atoms with Crippen molar-refractivity contribution in [1.82, 2.24) is 15.0 Å². The molecule has 166 valence electrons. The molecule has 32 heavy (non-hydrogen) atoms. The Labute approximate surface area is 182 Å². The van der Waals surface area contributed by atoms with Gasteiger partial charge in [0.15, 0.2) is 5.39 Å². The maximum absolute atomic E-state index is 15.2. The van der Waals surface area contributed by atoms with Crippen LogP contribution in [0.15, 0.2) is 38.4 Å². The average molecular weight is 465 g/mol. The number of nitrogens with zero attached hydrogens (tertiary/aromatic N) is 2. The highest BCUT2D eigenvalue weighted by atomic mass is 35.5. The Morgan fingerprint density at radius 1 is 1.16 bits per heavy atom. The molecule has 0 amide bonds. The van der Waals surface area contributed by atoms with Crippen molar-refractivity contribution in [2.75, 3.05) is 24.5 Å². The number of nitrogens with one attached hydrogen (secondary N) is 2. The van der Waals surface area contributed by atoms with E-state index in [1.54, 1.807) is 4.90 Å². The monoisotopic (exact) mass is 464 g/mol. The average Bonchev–Trinajstić information content (AvgIpc) is 3.12. The van der Waals surface area contributed by atoms with Crippen LogP contribution in [0.5, 0.6) is 0 Å². The van der Waals surface area contributed by atoms with Gasteiger partial charge in [0.05, 0.1) is 27.3 Å². The van der Waals surface area contributed by atoms with Gasteiger partial charge in [-0.1, -0.05) is 11.6 Å². The van der Waals surface area contributed by atoms with Gasteiger partial charge in [-0.15, -0.1) is 0 Å². The molecular weight excluding hydrogens is 449 g/mol. The first-order valence-corrected chi connectivity index (χ1v) is 10.2. The molecule has 1 atom stereocenters. The van der Waals surface area contributed by atoms with E-state index in [4.69, 9.17) is 16.1 Å². The third-order valence-electron chi connectivity index (χ3n) is 5.58. The van der Waals surface area contributed by atoms with Crippen LogP contribution in [0.4, 0.5) is 18.9 Å². The maximum atomic E-state index is 15.2. The molecule has 0 bridgehead atoms. The van der Waals surface area contributed by atoms with E-state index < -0.39 is 33.8 Å². The van der Waals surface area contributed by atoms with Crippen LogP contribution in [-0.2, 0) is 0 Å². The predicted octanol–water partition coefficient (Wildman–Crippen LogP) is 3.29. The number of aromatic amines is 1. The minimum atomic E-state index is -0.988. The van der Waals surface area contributed by atoms with E-state index in [1.807, 2.05) is 12.1 Å². The number of anilines is 1. The molecule has 11 heteroatoms. The molecule has 0 spiro atoms. The number of hydrogen-bond donors (Lipinski definition) is 2. The topological polar surface area (TPSA) is 83.3 Å². The van der Waals surface area contributed by atoms with Crippen LogP contribution in [0.3, 0.4) is 0 Å². The molecule has 1 aliphatic heterocycles. The van der Waals surface area contributed by atoms with Crippen molar-refractivity contribution in [3.8, 4) is 5.69 Å². The van der Waals surface area contributed by atoms with E-state index >= 15 is 4.39 Å². The Morgan fingerprint density at radius 3 is 2.66 bits per heavy atom. The molecule has 2 aromatic carbocycles. The van der Waals surface area contributed by atoms with Crippen LogP contribution in [-0.4, -0.2) is 35.4 Å². The largest absolute Gasteiger partial charge is 0.365 e. The minimum Gasteiger partial charge on any atom is -0.365 e. The summed E-state index contributed by atoms with van der Waals surface area (Å²) < 4.78 is 49.9. The summed E-state index contributed by atoms with van der Waals surface area (Å²) in [6.07, 6.45) is 0. The lowest BCUT2D eigenvalue weighted by molar-refractivity contribution is 0.436. The van der Waals surface area contributed by atoms with Gasteiger partial charge in [0.25, 0.3) is 5.56 Å². The van der Waals surface area contributed by atoms with Crippen LogP contribution in [0.25, 0.3) is 27.7 Å². The summed E-state index contributed by atoms with van der Waals surface area (Å²) in [5, 5.41) is 4.47. The van der Waals surface area contributed by atoms with Gasteiger partial charge < -0.3 is 14.7 Å². The second-order valence-corrected chi connectivity index (χ2v) is 8.07. The molecule has 1 saturated heterocycles. The van der Waals surface area contributed by atoms with Crippen molar-refractivity contribution in [2.24, 2.45) is 0 Å². The van der Waals surface area contributed by atoms with Gasteiger partial charge >= 0.3 is 0 Å². The van der Waals surface area contributed by atoms with E-state index in [1.165, 1.54) is 0 Å². The number of benzene rings is 2. The summed E-state index contributed by atoms with van der Waals surface area (Å²) in [5.41, 5.74) is -2.23. The Morgan fingerprint density at radius 2 is 1.94 bits per heavy atom. The fourth-order valence-corrected chi connectivity index (χ4v) is 4.59. The van der Waals surface area contributed by atoms with Crippen molar-refractivity contribution < 1.29 is 17.7 Å². The molecule has 0 radical (unpaired) electrons. The number of aromatic nitrogens is 2. The van der Waals surface area contributed by atoms with E-state index in [9.17, 15) is 18.4 Å². The van der Waals surface area contributed by atoms with E-state index in [0.717, 1.165) is 22.8 Å². The SMILES string of the molecule is CC1CN(c2c(F)cc3c(=O)c4c(=O)[nH]oc4n(-c4ccc(F)cc4F)c3c2Cl)CCN1. The number of rotatable bonds is 2. The number of piperazine rings is 1. The smallest absolute Gasteiger partial charge is 0.293 e. The fourth-order valence-electron chi connectivity index (χ4n) is 4.20. The van der Waals surface area contributed by atoms with Crippen LogP contribution in [0.2, 0.25) is 5.02 Å². The van der Waals surface area contributed by atoms with Gasteiger partial charge in [0.2, 0.25) is 11.1 Å². The van der Waals surface area contributed by atoms with Gasteiger partial charge in [-0.2, -0.15) is 5.16 Å². The highest BCUT2D eigenvalue weighted by molar-refractivity contribution is 6.38. The van der Waals surface area contributed by atoms with E-state index in [-0.39, 0.29) is 39.1 Å². The molecule has 0 aliphatic carbocycles. The second kappa shape index (κ2) is 7.42. The highest BCUT2D eigenvalue weighted by Crippen LogP contribution is 2.38. The van der Waals surface area contributed by atoms with Gasteiger partial charge in [-0.05, 0) is 25.1 Å². The highest BCUT2D eigenvalue weighted by Gasteiger charge is 2.28. The van der Waals surface area contributed by atoms with Gasteiger partial charge in [0.1, 0.15) is 17.5 Å². The summed E-state index contributed by atoms with van der Waals surface area (Å²) in [4.78, 5) is 27.0. The van der Waals surface area contributed by atoms with E-state index in [0.29, 0.717) is 25.7 Å². The molecule has 4 aromatic rings. The fraction of sp³-hybridized carbons (Fsp3) is 0.238. The first-order valence-electron chi connectivity index (χ1n) is 9.79.